The number of halogens is 4. The predicted octanol–water partition coefficient (Wildman–Crippen LogP) is 2.80. The van der Waals surface area contributed by atoms with Crippen molar-refractivity contribution < 1.29 is 22.7 Å². The summed E-state index contributed by atoms with van der Waals surface area (Å²) in [5, 5.41) is 14.1. The molecule has 2 heterocycles. The standard InChI is InChI=1S/C18H22F3N5O2.ClH/c1-12-16(24-25-26(12)14-5-7-22-8-6-14)17(27)23-10-13-3-2-4-15(9-13)28-11-18(19,20)21;/h2-4,9,14,22H,5-8,10-11H2,1H3,(H,23,27);1H. The van der Waals surface area contributed by atoms with E-state index < -0.39 is 12.8 Å². The summed E-state index contributed by atoms with van der Waals surface area (Å²) in [5.74, 6) is -0.281. The van der Waals surface area contributed by atoms with Crippen LogP contribution in [0.5, 0.6) is 5.75 Å². The molecule has 1 aliphatic rings. The average molecular weight is 434 g/mol. The molecular weight excluding hydrogens is 411 g/mol. The lowest BCUT2D eigenvalue weighted by molar-refractivity contribution is -0.153. The number of hydrogen-bond acceptors (Lipinski definition) is 5. The SMILES string of the molecule is Cc1c(C(=O)NCc2cccc(OCC(F)(F)F)c2)nnn1C1CCNCC1.Cl. The Hall–Kier alpha value is -2.33. The highest BCUT2D eigenvalue weighted by atomic mass is 35.5. The van der Waals surface area contributed by atoms with Crippen LogP contribution in [0.15, 0.2) is 24.3 Å². The molecule has 29 heavy (non-hydrogen) atoms. The number of aromatic nitrogens is 3. The van der Waals surface area contributed by atoms with Gasteiger partial charge in [0.25, 0.3) is 5.91 Å². The number of rotatable bonds is 6. The summed E-state index contributed by atoms with van der Waals surface area (Å²) in [4.78, 5) is 12.5. The molecule has 0 bridgehead atoms. The maximum atomic E-state index is 12.5. The molecule has 7 nitrogen and oxygen atoms in total. The first kappa shape index (κ1) is 23.0. The van der Waals surface area contributed by atoms with Crippen molar-refractivity contribution in [3.05, 3.63) is 41.2 Å². The number of nitrogens with one attached hydrogen (secondary N) is 2. The summed E-state index contributed by atoms with van der Waals surface area (Å²) in [6.07, 6.45) is -2.55. The number of carbonyl (C=O) groups is 1. The zero-order valence-corrected chi connectivity index (χ0v) is 16.6. The van der Waals surface area contributed by atoms with Gasteiger partial charge in [0.2, 0.25) is 0 Å². The van der Waals surface area contributed by atoms with Gasteiger partial charge in [-0.05, 0) is 50.6 Å². The first-order valence-corrected chi connectivity index (χ1v) is 9.02. The van der Waals surface area contributed by atoms with Crippen molar-refractivity contribution in [2.75, 3.05) is 19.7 Å². The fraction of sp³-hybridized carbons (Fsp3) is 0.500. The lowest BCUT2D eigenvalue weighted by Gasteiger charge is -2.23. The lowest BCUT2D eigenvalue weighted by atomic mass is 10.1. The van der Waals surface area contributed by atoms with Gasteiger partial charge in [0.15, 0.2) is 12.3 Å². The van der Waals surface area contributed by atoms with Gasteiger partial charge in [-0.2, -0.15) is 13.2 Å². The Labute approximate surface area is 172 Å². The second kappa shape index (κ2) is 9.93. The van der Waals surface area contributed by atoms with Gasteiger partial charge in [-0.25, -0.2) is 4.68 Å². The highest BCUT2D eigenvalue weighted by Gasteiger charge is 2.28. The van der Waals surface area contributed by atoms with Gasteiger partial charge >= 0.3 is 6.18 Å². The van der Waals surface area contributed by atoms with Crippen LogP contribution in [-0.4, -0.2) is 46.8 Å². The van der Waals surface area contributed by atoms with E-state index in [1.807, 2.05) is 6.92 Å². The van der Waals surface area contributed by atoms with Crippen molar-refractivity contribution in [1.82, 2.24) is 25.6 Å². The minimum Gasteiger partial charge on any atom is -0.484 e. The molecule has 1 aromatic carbocycles. The second-order valence-corrected chi connectivity index (χ2v) is 6.68. The summed E-state index contributed by atoms with van der Waals surface area (Å²) in [5.41, 5.74) is 1.58. The fourth-order valence-corrected chi connectivity index (χ4v) is 3.13. The number of hydrogen-bond donors (Lipinski definition) is 2. The molecule has 0 aliphatic carbocycles. The molecule has 0 saturated carbocycles. The number of nitrogens with zero attached hydrogens (tertiary/aromatic N) is 3. The van der Waals surface area contributed by atoms with Crippen LogP contribution in [0.2, 0.25) is 0 Å². The normalized spacial score (nSPS) is 14.9. The Balaban J connectivity index is 0.00000300. The van der Waals surface area contributed by atoms with Crippen molar-refractivity contribution in [2.24, 2.45) is 0 Å². The molecule has 1 aromatic heterocycles. The van der Waals surface area contributed by atoms with Crippen molar-refractivity contribution in [3.63, 3.8) is 0 Å². The second-order valence-electron chi connectivity index (χ2n) is 6.68. The topological polar surface area (TPSA) is 81.1 Å². The van der Waals surface area contributed by atoms with Gasteiger partial charge in [0.05, 0.1) is 11.7 Å². The van der Waals surface area contributed by atoms with Gasteiger partial charge in [-0.3, -0.25) is 4.79 Å². The smallest absolute Gasteiger partial charge is 0.422 e. The van der Waals surface area contributed by atoms with Crippen LogP contribution < -0.4 is 15.4 Å². The van der Waals surface area contributed by atoms with E-state index in [-0.39, 0.29) is 42.3 Å². The number of amides is 1. The minimum atomic E-state index is -4.40. The van der Waals surface area contributed by atoms with Crippen LogP contribution in [0, 0.1) is 6.92 Å². The summed E-state index contributed by atoms with van der Waals surface area (Å²) < 4.78 is 43.3. The van der Waals surface area contributed by atoms with Crippen LogP contribution >= 0.6 is 12.4 Å². The highest BCUT2D eigenvalue weighted by Crippen LogP contribution is 2.21. The molecule has 1 aliphatic heterocycles. The van der Waals surface area contributed by atoms with Crippen molar-refractivity contribution in [3.8, 4) is 5.75 Å². The Morgan fingerprint density at radius 2 is 2.07 bits per heavy atom. The Morgan fingerprint density at radius 1 is 1.34 bits per heavy atom. The van der Waals surface area contributed by atoms with E-state index in [4.69, 9.17) is 4.74 Å². The van der Waals surface area contributed by atoms with E-state index in [0.29, 0.717) is 11.3 Å². The van der Waals surface area contributed by atoms with E-state index in [2.05, 4.69) is 20.9 Å². The monoisotopic (exact) mass is 433 g/mol. The van der Waals surface area contributed by atoms with Gasteiger partial charge in [-0.1, -0.05) is 17.3 Å². The Bertz CT molecular complexity index is 822. The molecular formula is C18H23ClF3N5O2. The summed E-state index contributed by atoms with van der Waals surface area (Å²) in [7, 11) is 0. The maximum absolute atomic E-state index is 12.5. The molecule has 1 saturated heterocycles. The molecule has 2 N–H and O–H groups in total. The van der Waals surface area contributed by atoms with E-state index >= 15 is 0 Å². The summed E-state index contributed by atoms with van der Waals surface area (Å²) in [6.45, 7) is 2.39. The van der Waals surface area contributed by atoms with Crippen molar-refractivity contribution in [1.29, 1.82) is 0 Å². The van der Waals surface area contributed by atoms with E-state index in [1.165, 1.54) is 12.1 Å². The van der Waals surface area contributed by atoms with Crippen LogP contribution in [0.1, 0.15) is 40.6 Å². The molecule has 0 radical (unpaired) electrons. The largest absolute Gasteiger partial charge is 0.484 e. The third-order valence-corrected chi connectivity index (χ3v) is 4.55. The van der Waals surface area contributed by atoms with Gasteiger partial charge in [-0.15, -0.1) is 17.5 Å². The van der Waals surface area contributed by atoms with E-state index in [9.17, 15) is 18.0 Å². The van der Waals surface area contributed by atoms with Crippen molar-refractivity contribution >= 4 is 18.3 Å². The van der Waals surface area contributed by atoms with Crippen LogP contribution in [-0.2, 0) is 6.54 Å². The molecule has 0 unspecified atom stereocenters. The maximum Gasteiger partial charge on any atom is 0.422 e. The molecule has 1 fully saturated rings. The predicted molar refractivity (Wildman–Crippen MR) is 102 cm³/mol. The number of carbonyl (C=O) groups excluding carboxylic acids is 1. The van der Waals surface area contributed by atoms with Gasteiger partial charge in [0.1, 0.15) is 5.75 Å². The number of benzene rings is 1. The Morgan fingerprint density at radius 3 is 2.76 bits per heavy atom. The summed E-state index contributed by atoms with van der Waals surface area (Å²) in [6, 6.07) is 6.39. The zero-order chi connectivity index (χ0) is 20.1. The fourth-order valence-electron chi connectivity index (χ4n) is 3.13. The van der Waals surface area contributed by atoms with E-state index in [1.54, 1.807) is 16.8 Å². The molecule has 0 spiro atoms. The number of ether oxygens (including phenoxy) is 1. The van der Waals surface area contributed by atoms with E-state index in [0.717, 1.165) is 25.9 Å². The van der Waals surface area contributed by atoms with Crippen LogP contribution in [0.3, 0.4) is 0 Å². The molecule has 1 amide bonds. The molecule has 2 aromatic rings. The number of alkyl halides is 3. The summed E-state index contributed by atoms with van der Waals surface area (Å²) >= 11 is 0. The first-order valence-electron chi connectivity index (χ1n) is 9.02. The minimum absolute atomic E-state index is 0. The van der Waals surface area contributed by atoms with Gasteiger partial charge < -0.3 is 15.4 Å². The highest BCUT2D eigenvalue weighted by molar-refractivity contribution is 5.93. The molecule has 3 rings (SSSR count). The molecule has 11 heteroatoms. The average Bonchev–Trinajstić information content (AvgIpc) is 3.06. The van der Waals surface area contributed by atoms with Gasteiger partial charge in [0, 0.05) is 6.54 Å². The Kier molecular flexibility index (Phi) is 7.86. The first-order chi connectivity index (χ1) is 13.3. The zero-order valence-electron chi connectivity index (χ0n) is 15.8. The van der Waals surface area contributed by atoms with Crippen molar-refractivity contribution in [2.45, 2.75) is 38.5 Å². The number of piperidine rings is 1. The third kappa shape index (κ3) is 6.33. The molecule has 0 atom stereocenters. The quantitative estimate of drug-likeness (QED) is 0.732. The lowest BCUT2D eigenvalue weighted by Crippen LogP contribution is -2.30. The van der Waals surface area contributed by atoms with Crippen LogP contribution in [0.4, 0.5) is 13.2 Å². The third-order valence-electron chi connectivity index (χ3n) is 4.55. The van der Waals surface area contributed by atoms with Crippen LogP contribution in [0.25, 0.3) is 0 Å². The molecule has 160 valence electrons.